The van der Waals surface area contributed by atoms with Crippen LogP contribution in [0.3, 0.4) is 0 Å². The molecule has 0 saturated heterocycles. The second-order valence-electron chi connectivity index (χ2n) is 5.14. The highest BCUT2D eigenvalue weighted by Gasteiger charge is 2.27. The number of carbonyl (C=O) groups excluding carboxylic acids is 1. The lowest BCUT2D eigenvalue weighted by atomic mass is 9.95. The van der Waals surface area contributed by atoms with Gasteiger partial charge in [-0.1, -0.05) is 0 Å². The number of nitrogen functional groups attached to an aromatic ring is 1. The van der Waals surface area contributed by atoms with Gasteiger partial charge < -0.3 is 24.7 Å². The summed E-state index contributed by atoms with van der Waals surface area (Å²) in [5.41, 5.74) is 7.08. The number of ether oxygens (including phenoxy) is 4. The van der Waals surface area contributed by atoms with Crippen molar-refractivity contribution in [3.8, 4) is 17.2 Å². The second kappa shape index (κ2) is 8.57. The molecular weight excluding hydrogens is 344 g/mol. The second-order valence-corrected chi connectivity index (χ2v) is 6.03. The Morgan fingerprint density at radius 1 is 1.16 bits per heavy atom. The zero-order valence-electron chi connectivity index (χ0n) is 14.7. The minimum Gasteiger partial charge on any atom is -0.496 e. The van der Waals surface area contributed by atoms with Crippen molar-refractivity contribution in [3.63, 3.8) is 0 Å². The van der Waals surface area contributed by atoms with Crippen LogP contribution in [-0.4, -0.2) is 38.9 Å². The van der Waals surface area contributed by atoms with Gasteiger partial charge in [0.1, 0.15) is 11.7 Å². The average Bonchev–Trinajstić information content (AvgIpc) is 3.04. The number of hydrogen-bond acceptors (Lipinski definition) is 8. The van der Waals surface area contributed by atoms with Gasteiger partial charge in [0.2, 0.25) is 0 Å². The lowest BCUT2D eigenvalue weighted by Gasteiger charge is -2.18. The van der Waals surface area contributed by atoms with Crippen LogP contribution < -0.4 is 19.9 Å². The number of carbonyl (C=O) groups is 1. The van der Waals surface area contributed by atoms with Crippen molar-refractivity contribution < 1.29 is 23.7 Å². The van der Waals surface area contributed by atoms with Gasteiger partial charge in [0.05, 0.1) is 33.6 Å². The summed E-state index contributed by atoms with van der Waals surface area (Å²) in [6, 6.07) is 3.52. The van der Waals surface area contributed by atoms with Crippen LogP contribution in [0.15, 0.2) is 17.5 Å². The summed E-state index contributed by atoms with van der Waals surface area (Å²) < 4.78 is 21.3. The van der Waals surface area contributed by atoms with E-state index in [1.54, 1.807) is 45.8 Å². The fraction of sp³-hybridized carbons (Fsp3) is 0.412. The lowest BCUT2D eigenvalue weighted by molar-refractivity contribution is -0.145. The molecule has 0 bridgehead atoms. The monoisotopic (exact) mass is 366 g/mol. The number of rotatable bonds is 8. The molecule has 1 unspecified atom stereocenters. The first kappa shape index (κ1) is 18.9. The number of benzene rings is 1. The average molecular weight is 366 g/mol. The van der Waals surface area contributed by atoms with Crippen LogP contribution in [0.5, 0.6) is 17.2 Å². The molecule has 0 fully saturated rings. The Morgan fingerprint density at radius 3 is 2.32 bits per heavy atom. The van der Waals surface area contributed by atoms with Crippen LogP contribution in [-0.2, 0) is 16.0 Å². The van der Waals surface area contributed by atoms with E-state index in [-0.39, 0.29) is 12.6 Å². The van der Waals surface area contributed by atoms with E-state index >= 15 is 0 Å². The molecule has 2 N–H and O–H groups in total. The fourth-order valence-corrected chi connectivity index (χ4v) is 3.10. The van der Waals surface area contributed by atoms with E-state index in [1.807, 2.05) is 0 Å². The van der Waals surface area contributed by atoms with Crippen molar-refractivity contribution >= 4 is 22.4 Å². The quantitative estimate of drug-likeness (QED) is 0.718. The molecule has 1 atom stereocenters. The van der Waals surface area contributed by atoms with E-state index in [4.69, 9.17) is 24.7 Å². The van der Waals surface area contributed by atoms with E-state index in [9.17, 15) is 4.79 Å². The summed E-state index contributed by atoms with van der Waals surface area (Å²) >= 11 is 1.29. The normalized spacial score (nSPS) is 11.7. The summed E-state index contributed by atoms with van der Waals surface area (Å²) in [6.07, 6.45) is 0.339. The van der Waals surface area contributed by atoms with Gasteiger partial charge in [-0.05, 0) is 25.0 Å². The van der Waals surface area contributed by atoms with Crippen LogP contribution in [0.25, 0.3) is 0 Å². The van der Waals surface area contributed by atoms with Gasteiger partial charge >= 0.3 is 5.97 Å². The molecule has 0 saturated carbocycles. The van der Waals surface area contributed by atoms with Gasteiger partial charge in [-0.15, -0.1) is 11.3 Å². The number of anilines is 1. The van der Waals surface area contributed by atoms with Gasteiger partial charge in [-0.2, -0.15) is 0 Å². The Morgan fingerprint density at radius 2 is 1.80 bits per heavy atom. The molecule has 8 heteroatoms. The maximum atomic E-state index is 12.4. The molecular formula is C17H22N2O5S. The molecule has 0 amide bonds. The molecule has 1 aromatic carbocycles. The Bertz CT molecular complexity index is 732. The predicted molar refractivity (Wildman–Crippen MR) is 95.7 cm³/mol. The molecule has 136 valence electrons. The van der Waals surface area contributed by atoms with Crippen LogP contribution in [0.2, 0.25) is 0 Å². The van der Waals surface area contributed by atoms with Crippen LogP contribution >= 0.6 is 11.3 Å². The van der Waals surface area contributed by atoms with Gasteiger partial charge in [0.15, 0.2) is 16.6 Å². The Hall–Kier alpha value is -2.48. The Kier molecular flexibility index (Phi) is 6.46. The third-order valence-electron chi connectivity index (χ3n) is 3.68. The summed E-state index contributed by atoms with van der Waals surface area (Å²) in [5.74, 6) is 0.757. The Balaban J connectivity index is 2.42. The third-order valence-corrected chi connectivity index (χ3v) is 4.37. The van der Waals surface area contributed by atoms with Crippen molar-refractivity contribution in [3.05, 3.63) is 28.8 Å². The highest BCUT2D eigenvalue weighted by molar-refractivity contribution is 7.13. The Labute approximate surface area is 150 Å². The van der Waals surface area contributed by atoms with E-state index in [0.717, 1.165) is 5.56 Å². The molecule has 0 aliphatic heterocycles. The number of nitrogens with zero attached hydrogens (tertiary/aromatic N) is 1. The maximum Gasteiger partial charge on any atom is 0.315 e. The number of methoxy groups -OCH3 is 3. The fourth-order valence-electron chi connectivity index (χ4n) is 2.48. The van der Waals surface area contributed by atoms with Gasteiger partial charge in [0.25, 0.3) is 0 Å². The molecule has 2 rings (SSSR count). The molecule has 0 spiro atoms. The highest BCUT2D eigenvalue weighted by atomic mass is 32.1. The van der Waals surface area contributed by atoms with Crippen LogP contribution in [0, 0.1) is 0 Å². The predicted octanol–water partition coefficient (Wildman–Crippen LogP) is 2.64. The molecule has 0 aliphatic carbocycles. The summed E-state index contributed by atoms with van der Waals surface area (Å²) in [6.45, 7) is 2.05. The number of esters is 1. The minimum absolute atomic E-state index is 0.290. The van der Waals surface area contributed by atoms with Gasteiger partial charge in [0, 0.05) is 11.4 Å². The van der Waals surface area contributed by atoms with E-state index in [2.05, 4.69) is 4.98 Å². The highest BCUT2D eigenvalue weighted by Crippen LogP contribution is 2.37. The van der Waals surface area contributed by atoms with Crippen molar-refractivity contribution in [2.75, 3.05) is 33.7 Å². The van der Waals surface area contributed by atoms with Crippen molar-refractivity contribution in [1.29, 1.82) is 0 Å². The zero-order valence-corrected chi connectivity index (χ0v) is 15.5. The first-order chi connectivity index (χ1) is 12.0. The molecule has 2 aromatic rings. The topological polar surface area (TPSA) is 92.9 Å². The first-order valence-electron chi connectivity index (χ1n) is 7.70. The molecule has 0 radical (unpaired) electrons. The maximum absolute atomic E-state index is 12.4. The summed E-state index contributed by atoms with van der Waals surface area (Å²) in [4.78, 5) is 16.7. The molecule has 1 heterocycles. The number of aromatic nitrogens is 1. The summed E-state index contributed by atoms with van der Waals surface area (Å²) in [7, 11) is 4.67. The smallest absolute Gasteiger partial charge is 0.315 e. The minimum atomic E-state index is -0.583. The SMILES string of the molecule is CCOC(=O)C(Cc1cc(OC)c(OC)cc1OC)c1csc(N)n1. The molecule has 7 nitrogen and oxygen atoms in total. The van der Waals surface area contributed by atoms with E-state index in [0.29, 0.717) is 34.5 Å². The molecule has 25 heavy (non-hydrogen) atoms. The molecule has 1 aromatic heterocycles. The number of thiazole rings is 1. The van der Waals surface area contributed by atoms with E-state index in [1.165, 1.54) is 11.3 Å². The van der Waals surface area contributed by atoms with Gasteiger partial charge in [-0.3, -0.25) is 4.79 Å². The number of hydrogen-bond donors (Lipinski definition) is 1. The van der Waals surface area contributed by atoms with Crippen LogP contribution in [0.4, 0.5) is 5.13 Å². The van der Waals surface area contributed by atoms with Crippen LogP contribution in [0.1, 0.15) is 24.1 Å². The van der Waals surface area contributed by atoms with Gasteiger partial charge in [-0.25, -0.2) is 4.98 Å². The largest absolute Gasteiger partial charge is 0.496 e. The van der Waals surface area contributed by atoms with Crippen molar-refractivity contribution in [1.82, 2.24) is 4.98 Å². The van der Waals surface area contributed by atoms with Crippen molar-refractivity contribution in [2.24, 2.45) is 0 Å². The third kappa shape index (κ3) is 4.33. The lowest BCUT2D eigenvalue weighted by Crippen LogP contribution is -2.19. The number of nitrogens with two attached hydrogens (primary N) is 1. The zero-order chi connectivity index (χ0) is 18.4. The van der Waals surface area contributed by atoms with E-state index < -0.39 is 5.92 Å². The standard InChI is InChI=1S/C17H22N2O5S/c1-5-24-16(20)11(12-9-25-17(18)19-12)6-10-7-14(22-3)15(23-4)8-13(10)21-2/h7-9,11H,5-6H2,1-4H3,(H2,18,19). The summed E-state index contributed by atoms with van der Waals surface area (Å²) in [5, 5.41) is 2.17. The van der Waals surface area contributed by atoms with Crippen molar-refractivity contribution in [2.45, 2.75) is 19.3 Å². The first-order valence-corrected chi connectivity index (χ1v) is 8.58. The molecule has 0 aliphatic rings.